The first-order valence-electron chi connectivity index (χ1n) is 8.50. The summed E-state index contributed by atoms with van der Waals surface area (Å²) < 4.78 is 4.83. The lowest BCUT2D eigenvalue weighted by Gasteiger charge is -2.31. The molecular weight excluding hydrogens is 396 g/mol. The molecule has 2 atom stereocenters. The van der Waals surface area contributed by atoms with Crippen LogP contribution in [0.3, 0.4) is 0 Å². The van der Waals surface area contributed by atoms with E-state index in [4.69, 9.17) is 16.3 Å². The van der Waals surface area contributed by atoms with Crippen LogP contribution in [0.15, 0.2) is 65.2 Å². The summed E-state index contributed by atoms with van der Waals surface area (Å²) in [5.74, 6) is -2.40. The van der Waals surface area contributed by atoms with E-state index in [1.54, 1.807) is 24.3 Å². The van der Waals surface area contributed by atoms with Gasteiger partial charge in [0.2, 0.25) is 5.91 Å². The number of hydrogen-bond acceptors (Lipinski definition) is 5. The number of rotatable bonds is 5. The molecule has 3 rings (SSSR count). The Balaban J connectivity index is 1.98. The molecule has 0 aliphatic carbocycles. The van der Waals surface area contributed by atoms with Crippen LogP contribution in [0.2, 0.25) is 5.02 Å². The van der Waals surface area contributed by atoms with Crippen LogP contribution in [0.5, 0.6) is 0 Å². The lowest BCUT2D eigenvalue weighted by molar-refractivity contribution is -0.150. The van der Waals surface area contributed by atoms with Crippen molar-refractivity contribution >= 4 is 35.2 Å². The maximum atomic E-state index is 12.7. The molecule has 0 unspecified atom stereocenters. The van der Waals surface area contributed by atoms with Gasteiger partial charge in [0.15, 0.2) is 0 Å². The average Bonchev–Trinajstić information content (AvgIpc) is 2.72. The number of allylic oxidation sites excluding steroid dienone is 1. The maximum Gasteiger partial charge on any atom is 0.319 e. The van der Waals surface area contributed by atoms with Crippen molar-refractivity contribution in [1.29, 1.82) is 5.26 Å². The van der Waals surface area contributed by atoms with Crippen molar-refractivity contribution in [3.8, 4) is 6.07 Å². The first kappa shape index (κ1) is 20.0. The van der Waals surface area contributed by atoms with E-state index in [9.17, 15) is 14.9 Å². The van der Waals surface area contributed by atoms with Crippen LogP contribution in [0.1, 0.15) is 17.0 Å². The topological polar surface area (TPSA) is 79.2 Å². The molecule has 0 radical (unpaired) electrons. The van der Waals surface area contributed by atoms with E-state index >= 15 is 0 Å². The van der Waals surface area contributed by atoms with Crippen LogP contribution in [0, 0.1) is 17.2 Å². The van der Waals surface area contributed by atoms with Crippen LogP contribution >= 0.6 is 23.4 Å². The molecule has 1 N–H and O–H groups in total. The second kappa shape index (κ2) is 8.96. The van der Waals surface area contributed by atoms with Gasteiger partial charge < -0.3 is 10.1 Å². The third kappa shape index (κ3) is 4.22. The lowest BCUT2D eigenvalue weighted by Crippen LogP contribution is -2.44. The molecule has 0 fully saturated rings. The van der Waals surface area contributed by atoms with Crippen molar-refractivity contribution in [1.82, 2.24) is 5.32 Å². The first-order valence-corrected chi connectivity index (χ1v) is 9.86. The first-order chi connectivity index (χ1) is 13.5. The number of benzene rings is 2. The van der Waals surface area contributed by atoms with Gasteiger partial charge in [0.05, 0.1) is 23.8 Å². The highest BCUT2D eigenvalue weighted by Gasteiger charge is 2.44. The highest BCUT2D eigenvalue weighted by molar-refractivity contribution is 8.02. The molecule has 0 spiro atoms. The molecule has 1 aliphatic heterocycles. The van der Waals surface area contributed by atoms with Crippen molar-refractivity contribution in [2.24, 2.45) is 5.92 Å². The van der Waals surface area contributed by atoms with Crippen molar-refractivity contribution in [3.05, 3.63) is 81.3 Å². The number of esters is 1. The molecule has 0 bridgehead atoms. The molecule has 1 aliphatic rings. The largest absolute Gasteiger partial charge is 0.468 e. The molecule has 1 heterocycles. The fraction of sp³-hybridized carbons (Fsp3) is 0.190. The normalized spacial score (nSPS) is 19.0. The van der Waals surface area contributed by atoms with E-state index < -0.39 is 23.7 Å². The Morgan fingerprint density at radius 2 is 1.89 bits per heavy atom. The van der Waals surface area contributed by atoms with Crippen molar-refractivity contribution in [3.63, 3.8) is 0 Å². The maximum absolute atomic E-state index is 12.7. The number of carbonyl (C=O) groups is 2. The van der Waals surface area contributed by atoms with Crippen molar-refractivity contribution in [2.75, 3.05) is 7.11 Å². The van der Waals surface area contributed by atoms with Gasteiger partial charge in [-0.25, -0.2) is 0 Å². The number of carbonyl (C=O) groups excluding carboxylic acids is 2. The SMILES string of the molecule is COC(=O)[C@@H]1C(=O)NC(SCc2ccc(Cl)cc2)=C(C#N)[C@H]1c1ccccc1. The minimum absolute atomic E-state index is 0.347. The summed E-state index contributed by atoms with van der Waals surface area (Å²) in [4.78, 5) is 25.0. The zero-order valence-corrected chi connectivity index (χ0v) is 16.6. The third-order valence-electron chi connectivity index (χ3n) is 4.44. The summed E-state index contributed by atoms with van der Waals surface area (Å²) in [5, 5.41) is 13.7. The smallest absolute Gasteiger partial charge is 0.319 e. The lowest BCUT2D eigenvalue weighted by atomic mass is 9.78. The molecule has 0 saturated carbocycles. The van der Waals surface area contributed by atoms with Gasteiger partial charge >= 0.3 is 5.97 Å². The van der Waals surface area contributed by atoms with Crippen LogP contribution in [0.25, 0.3) is 0 Å². The van der Waals surface area contributed by atoms with Gasteiger partial charge in [-0.05, 0) is 23.3 Å². The summed E-state index contributed by atoms with van der Waals surface area (Å²) in [6.45, 7) is 0. The van der Waals surface area contributed by atoms with Gasteiger partial charge in [0, 0.05) is 16.7 Å². The number of thioether (sulfide) groups is 1. The minimum atomic E-state index is -1.11. The Morgan fingerprint density at radius 3 is 2.50 bits per heavy atom. The van der Waals surface area contributed by atoms with E-state index in [0.717, 1.165) is 5.56 Å². The summed E-state index contributed by atoms with van der Waals surface area (Å²) in [6.07, 6.45) is 0. The van der Waals surface area contributed by atoms with Gasteiger partial charge in [-0.2, -0.15) is 5.26 Å². The molecular formula is C21H17ClN2O3S. The number of hydrogen-bond donors (Lipinski definition) is 1. The highest BCUT2D eigenvalue weighted by Crippen LogP contribution is 2.40. The summed E-state index contributed by atoms with van der Waals surface area (Å²) in [7, 11) is 1.23. The molecule has 0 aromatic heterocycles. The van der Waals surface area contributed by atoms with Crippen LogP contribution in [-0.4, -0.2) is 19.0 Å². The number of nitrogens with zero attached hydrogens (tertiary/aromatic N) is 1. The number of methoxy groups -OCH3 is 1. The number of amides is 1. The predicted molar refractivity (Wildman–Crippen MR) is 108 cm³/mol. The van der Waals surface area contributed by atoms with Gasteiger partial charge in [-0.3, -0.25) is 9.59 Å². The van der Waals surface area contributed by atoms with Crippen molar-refractivity contribution < 1.29 is 14.3 Å². The Kier molecular flexibility index (Phi) is 6.40. The fourth-order valence-electron chi connectivity index (χ4n) is 3.08. The minimum Gasteiger partial charge on any atom is -0.468 e. The summed E-state index contributed by atoms with van der Waals surface area (Å²) in [5.41, 5.74) is 2.06. The van der Waals surface area contributed by atoms with Crippen LogP contribution in [-0.2, 0) is 20.1 Å². The summed E-state index contributed by atoms with van der Waals surface area (Å²) in [6, 6.07) is 18.6. The predicted octanol–water partition coefficient (Wildman–Crippen LogP) is 4.01. The van der Waals surface area contributed by atoms with Gasteiger partial charge in [-0.15, -0.1) is 11.8 Å². The Morgan fingerprint density at radius 1 is 1.21 bits per heavy atom. The molecule has 0 saturated heterocycles. The molecule has 2 aromatic rings. The number of nitriles is 1. The van der Waals surface area contributed by atoms with Crippen LogP contribution in [0.4, 0.5) is 0 Å². The standard InChI is InChI=1S/C21H17ClN2O3S/c1-27-21(26)18-17(14-5-3-2-4-6-14)16(11-23)20(24-19(18)25)28-12-13-7-9-15(22)10-8-13/h2-10,17-18H,12H2,1H3,(H,24,25)/t17-,18+/m1/s1. The van der Waals surface area contributed by atoms with E-state index in [0.29, 0.717) is 26.9 Å². The Bertz CT molecular complexity index is 952. The zero-order chi connectivity index (χ0) is 20.1. The molecule has 5 nitrogen and oxygen atoms in total. The van der Waals surface area contributed by atoms with Gasteiger partial charge in [0.25, 0.3) is 0 Å². The monoisotopic (exact) mass is 412 g/mol. The number of halogens is 1. The molecule has 7 heteroatoms. The quantitative estimate of drug-likeness (QED) is 0.592. The summed E-state index contributed by atoms with van der Waals surface area (Å²) >= 11 is 7.25. The second-order valence-corrected chi connectivity index (χ2v) is 7.57. The third-order valence-corrected chi connectivity index (χ3v) is 5.78. The fourth-order valence-corrected chi connectivity index (χ4v) is 4.21. The average molecular weight is 413 g/mol. The highest BCUT2D eigenvalue weighted by atomic mass is 35.5. The van der Waals surface area contributed by atoms with Gasteiger partial charge in [0.1, 0.15) is 5.92 Å². The van der Waals surface area contributed by atoms with E-state index in [1.807, 2.05) is 30.3 Å². The van der Waals surface area contributed by atoms with Crippen molar-refractivity contribution in [2.45, 2.75) is 11.7 Å². The number of ether oxygens (including phenoxy) is 1. The van der Waals surface area contributed by atoms with E-state index in [1.165, 1.54) is 18.9 Å². The molecule has 2 aromatic carbocycles. The van der Waals surface area contributed by atoms with E-state index in [-0.39, 0.29) is 0 Å². The van der Waals surface area contributed by atoms with Crippen LogP contribution < -0.4 is 5.32 Å². The molecule has 142 valence electrons. The molecule has 1 amide bonds. The zero-order valence-electron chi connectivity index (χ0n) is 15.0. The second-order valence-electron chi connectivity index (χ2n) is 6.15. The van der Waals surface area contributed by atoms with Gasteiger partial charge in [-0.1, -0.05) is 54.1 Å². The Labute approximate surface area is 172 Å². The molecule has 28 heavy (non-hydrogen) atoms. The Hall–Kier alpha value is -2.75. The number of nitrogens with one attached hydrogen (secondary N) is 1. The van der Waals surface area contributed by atoms with E-state index in [2.05, 4.69) is 11.4 Å².